The second kappa shape index (κ2) is 7.93. The summed E-state index contributed by atoms with van der Waals surface area (Å²) in [7, 11) is 1.80. The summed E-state index contributed by atoms with van der Waals surface area (Å²) in [6.45, 7) is 1.02. The summed E-state index contributed by atoms with van der Waals surface area (Å²) in [6, 6.07) is 11.9. The van der Waals surface area contributed by atoms with Crippen LogP contribution in [-0.2, 0) is 16.1 Å². The lowest BCUT2D eigenvalue weighted by atomic mass is 10.1. The molecule has 0 bridgehead atoms. The molecule has 0 saturated carbocycles. The highest BCUT2D eigenvalue weighted by Gasteiger charge is 2.36. The molecule has 1 fully saturated rings. The zero-order chi connectivity index (χ0) is 18.0. The number of nitrogens with zero attached hydrogens (tertiary/aromatic N) is 2. The molecule has 2 aromatic rings. The average molecular weight is 439 g/mol. The molecular weight excluding hydrogens is 420 g/mol. The Hall–Kier alpha value is -1.31. The number of rotatable bonds is 5. The van der Waals surface area contributed by atoms with E-state index in [1.165, 1.54) is 0 Å². The summed E-state index contributed by atoms with van der Waals surface area (Å²) >= 11 is 6.73. The molecule has 1 aliphatic heterocycles. The van der Waals surface area contributed by atoms with Crippen molar-refractivity contribution in [1.29, 1.82) is 0 Å². The second-order valence-corrected chi connectivity index (χ2v) is 9.43. The molecule has 2 amide bonds. The van der Waals surface area contributed by atoms with Crippen LogP contribution in [-0.4, -0.2) is 36.6 Å². The van der Waals surface area contributed by atoms with Crippen molar-refractivity contribution in [2.45, 2.75) is 17.9 Å². The van der Waals surface area contributed by atoms with Crippen molar-refractivity contribution in [3.05, 3.63) is 45.1 Å². The molecule has 1 atom stereocenters. The van der Waals surface area contributed by atoms with Gasteiger partial charge in [0.15, 0.2) is 0 Å². The van der Waals surface area contributed by atoms with Crippen LogP contribution >= 0.6 is 39.0 Å². The predicted octanol–water partition coefficient (Wildman–Crippen LogP) is 4.24. The number of carbonyl (C=O) groups is 2. The van der Waals surface area contributed by atoms with Crippen molar-refractivity contribution in [3.8, 4) is 0 Å². The van der Waals surface area contributed by atoms with E-state index in [2.05, 4.69) is 15.9 Å². The molecule has 0 spiro atoms. The summed E-state index contributed by atoms with van der Waals surface area (Å²) in [5.41, 5.74) is 0.864. The van der Waals surface area contributed by atoms with Crippen LogP contribution in [0.3, 0.4) is 0 Å². The van der Waals surface area contributed by atoms with Crippen molar-refractivity contribution in [1.82, 2.24) is 4.90 Å². The highest BCUT2D eigenvalue weighted by Crippen LogP contribution is 2.29. The molecule has 4 nitrogen and oxygen atoms in total. The van der Waals surface area contributed by atoms with E-state index in [9.17, 15) is 9.59 Å². The number of amides is 2. The SMILES string of the molecule is CSc1ccc(N2CC(C(=O)N(C)Cc3ccc(Br)s3)CC2=O)cc1. The smallest absolute Gasteiger partial charge is 0.228 e. The minimum absolute atomic E-state index is 0.0162. The van der Waals surface area contributed by atoms with E-state index in [0.717, 1.165) is 19.2 Å². The van der Waals surface area contributed by atoms with E-state index in [1.54, 1.807) is 39.9 Å². The van der Waals surface area contributed by atoms with Gasteiger partial charge < -0.3 is 9.80 Å². The number of carbonyl (C=O) groups excluding carboxylic acids is 2. The molecule has 7 heteroatoms. The van der Waals surface area contributed by atoms with E-state index in [4.69, 9.17) is 0 Å². The van der Waals surface area contributed by atoms with Crippen molar-refractivity contribution < 1.29 is 9.59 Å². The zero-order valence-corrected chi connectivity index (χ0v) is 17.3. The number of benzene rings is 1. The Bertz CT molecular complexity index is 776. The van der Waals surface area contributed by atoms with Gasteiger partial charge in [-0.15, -0.1) is 23.1 Å². The molecule has 1 aliphatic rings. The number of thiophene rings is 1. The summed E-state index contributed by atoms with van der Waals surface area (Å²) in [5, 5.41) is 0. The Kier molecular flexibility index (Phi) is 5.86. The van der Waals surface area contributed by atoms with Crippen LogP contribution < -0.4 is 4.90 Å². The normalized spacial score (nSPS) is 17.2. The Labute approximate surface area is 164 Å². The van der Waals surface area contributed by atoms with E-state index >= 15 is 0 Å². The van der Waals surface area contributed by atoms with Gasteiger partial charge in [0.2, 0.25) is 11.8 Å². The fourth-order valence-corrected chi connectivity index (χ4v) is 4.89. The third-order valence-corrected chi connectivity index (χ3v) is 6.61. The zero-order valence-electron chi connectivity index (χ0n) is 14.1. The van der Waals surface area contributed by atoms with Gasteiger partial charge in [-0.25, -0.2) is 0 Å². The van der Waals surface area contributed by atoms with Crippen LogP contribution in [0, 0.1) is 5.92 Å². The Balaban J connectivity index is 1.65. The van der Waals surface area contributed by atoms with Crippen LogP contribution in [0.4, 0.5) is 5.69 Å². The molecule has 0 N–H and O–H groups in total. The van der Waals surface area contributed by atoms with Gasteiger partial charge in [-0.1, -0.05) is 0 Å². The molecule has 132 valence electrons. The van der Waals surface area contributed by atoms with Crippen molar-refractivity contribution >= 4 is 56.5 Å². The largest absolute Gasteiger partial charge is 0.340 e. The minimum Gasteiger partial charge on any atom is -0.340 e. The molecule has 1 aromatic heterocycles. The standard InChI is InChI=1S/C18H19BrN2O2S2/c1-20(11-15-7-8-16(19)25-15)18(23)12-9-17(22)21(10-12)13-3-5-14(24-2)6-4-13/h3-8,12H,9-11H2,1-2H3. The lowest BCUT2D eigenvalue weighted by molar-refractivity contribution is -0.135. The van der Waals surface area contributed by atoms with Crippen LogP contribution in [0.2, 0.25) is 0 Å². The van der Waals surface area contributed by atoms with Gasteiger partial charge in [0.05, 0.1) is 16.2 Å². The van der Waals surface area contributed by atoms with Crippen molar-refractivity contribution in [2.75, 3.05) is 24.7 Å². The molecule has 0 radical (unpaired) electrons. The molecule has 2 heterocycles. The number of hydrogen-bond donors (Lipinski definition) is 0. The first-order valence-electron chi connectivity index (χ1n) is 7.91. The Morgan fingerprint density at radius 2 is 2.04 bits per heavy atom. The number of hydrogen-bond acceptors (Lipinski definition) is 4. The van der Waals surface area contributed by atoms with E-state index in [-0.39, 0.29) is 24.2 Å². The third kappa shape index (κ3) is 4.27. The van der Waals surface area contributed by atoms with Crippen LogP contribution in [0.1, 0.15) is 11.3 Å². The van der Waals surface area contributed by atoms with Crippen LogP contribution in [0.5, 0.6) is 0 Å². The van der Waals surface area contributed by atoms with E-state index in [0.29, 0.717) is 13.1 Å². The summed E-state index contributed by atoms with van der Waals surface area (Å²) in [5.74, 6) is -0.232. The van der Waals surface area contributed by atoms with Crippen molar-refractivity contribution in [2.24, 2.45) is 5.92 Å². The number of anilines is 1. The first-order chi connectivity index (χ1) is 12.0. The quantitative estimate of drug-likeness (QED) is 0.655. The summed E-state index contributed by atoms with van der Waals surface area (Å²) < 4.78 is 1.05. The predicted molar refractivity (Wildman–Crippen MR) is 107 cm³/mol. The molecule has 0 aliphatic carbocycles. The third-order valence-electron chi connectivity index (χ3n) is 4.26. The lowest BCUT2D eigenvalue weighted by Crippen LogP contribution is -2.34. The molecule has 25 heavy (non-hydrogen) atoms. The maximum absolute atomic E-state index is 12.7. The average Bonchev–Trinajstić information content (AvgIpc) is 3.20. The monoisotopic (exact) mass is 438 g/mol. The van der Waals surface area contributed by atoms with Crippen molar-refractivity contribution in [3.63, 3.8) is 0 Å². The lowest BCUT2D eigenvalue weighted by Gasteiger charge is -2.21. The second-order valence-electron chi connectivity index (χ2n) is 6.00. The first kappa shape index (κ1) is 18.5. The van der Waals surface area contributed by atoms with E-state index in [1.807, 2.05) is 42.7 Å². The van der Waals surface area contributed by atoms with Gasteiger partial charge in [0.25, 0.3) is 0 Å². The summed E-state index contributed by atoms with van der Waals surface area (Å²) in [4.78, 5) is 30.8. The van der Waals surface area contributed by atoms with Gasteiger partial charge in [-0.2, -0.15) is 0 Å². The highest BCUT2D eigenvalue weighted by atomic mass is 79.9. The fourth-order valence-electron chi connectivity index (χ4n) is 2.94. The van der Waals surface area contributed by atoms with E-state index < -0.39 is 0 Å². The number of thioether (sulfide) groups is 1. The number of halogens is 1. The fraction of sp³-hybridized carbons (Fsp3) is 0.333. The molecule has 1 aromatic carbocycles. The summed E-state index contributed by atoms with van der Waals surface area (Å²) in [6.07, 6.45) is 2.30. The minimum atomic E-state index is -0.277. The first-order valence-corrected chi connectivity index (χ1v) is 10.7. The molecule has 1 saturated heterocycles. The maximum atomic E-state index is 12.7. The molecular formula is C18H19BrN2O2S2. The van der Waals surface area contributed by atoms with Gasteiger partial charge in [-0.3, -0.25) is 9.59 Å². The van der Waals surface area contributed by atoms with Crippen LogP contribution in [0.15, 0.2) is 45.1 Å². The van der Waals surface area contributed by atoms with Gasteiger partial charge in [-0.05, 0) is 58.6 Å². The highest BCUT2D eigenvalue weighted by molar-refractivity contribution is 9.11. The molecule has 3 rings (SSSR count). The maximum Gasteiger partial charge on any atom is 0.228 e. The van der Waals surface area contributed by atoms with Gasteiger partial charge in [0, 0.05) is 35.5 Å². The van der Waals surface area contributed by atoms with Gasteiger partial charge in [0.1, 0.15) is 0 Å². The Morgan fingerprint density at radius 3 is 2.64 bits per heavy atom. The van der Waals surface area contributed by atoms with Gasteiger partial charge >= 0.3 is 0 Å². The topological polar surface area (TPSA) is 40.6 Å². The van der Waals surface area contributed by atoms with Crippen LogP contribution in [0.25, 0.3) is 0 Å². The molecule has 1 unspecified atom stereocenters. The Morgan fingerprint density at radius 1 is 1.32 bits per heavy atom.